The van der Waals surface area contributed by atoms with Gasteiger partial charge in [0, 0.05) is 6.20 Å². The van der Waals surface area contributed by atoms with Gasteiger partial charge in [0.2, 0.25) is 0 Å². The third kappa shape index (κ3) is 2.40. The fourth-order valence-corrected chi connectivity index (χ4v) is 2.12. The molecule has 2 rings (SSSR count). The molecule has 0 spiro atoms. The maximum absolute atomic E-state index is 12.0. The van der Waals surface area contributed by atoms with E-state index in [2.05, 4.69) is 4.98 Å². The molecule has 0 aliphatic heterocycles. The smallest absolute Gasteiger partial charge is 0.344 e. The quantitative estimate of drug-likeness (QED) is 0.755. The van der Waals surface area contributed by atoms with Crippen LogP contribution in [0.3, 0.4) is 0 Å². The number of hydrogen-bond acceptors (Lipinski definition) is 3. The van der Waals surface area contributed by atoms with Gasteiger partial charge in [-0.1, -0.05) is 0 Å². The highest BCUT2D eigenvalue weighted by Gasteiger charge is 2.26. The number of nitrogens with one attached hydrogen (secondary N) is 1. The first-order valence-electron chi connectivity index (χ1n) is 5.85. The largest absolute Gasteiger partial charge is 0.456 e. The molecule has 1 aliphatic carbocycles. The van der Waals surface area contributed by atoms with Gasteiger partial charge < -0.3 is 9.72 Å². The van der Waals surface area contributed by atoms with Crippen LogP contribution in [0.15, 0.2) is 11.0 Å². The summed E-state index contributed by atoms with van der Waals surface area (Å²) in [5, 5.41) is 0. The van der Waals surface area contributed by atoms with E-state index in [1.54, 1.807) is 27.0 Å². The molecule has 0 bridgehead atoms. The number of rotatable bonds is 1. The van der Waals surface area contributed by atoms with Crippen LogP contribution in [0.2, 0.25) is 0 Å². The van der Waals surface area contributed by atoms with E-state index in [1.165, 1.54) is 0 Å². The molecule has 1 aliphatic rings. The lowest BCUT2D eigenvalue weighted by atomic mass is 10.1. The Bertz CT molecular complexity index is 508. The zero-order chi connectivity index (χ0) is 12.6. The number of aromatic amines is 1. The van der Waals surface area contributed by atoms with E-state index >= 15 is 0 Å². The number of pyridine rings is 1. The number of fused-ring (bicyclic) bond motifs is 1. The lowest BCUT2D eigenvalue weighted by molar-refractivity contribution is 0.00664. The lowest BCUT2D eigenvalue weighted by Gasteiger charge is -2.20. The summed E-state index contributed by atoms with van der Waals surface area (Å²) >= 11 is 0. The Kier molecular flexibility index (Phi) is 2.81. The normalized spacial score (nSPS) is 14.5. The molecule has 0 amide bonds. The van der Waals surface area contributed by atoms with Gasteiger partial charge in [0.15, 0.2) is 0 Å². The Labute approximate surface area is 100 Å². The Morgan fingerprint density at radius 2 is 2.06 bits per heavy atom. The van der Waals surface area contributed by atoms with Crippen molar-refractivity contribution >= 4 is 5.97 Å². The molecule has 0 radical (unpaired) electrons. The molecule has 1 N–H and O–H groups in total. The Balaban J connectivity index is 2.42. The summed E-state index contributed by atoms with van der Waals surface area (Å²) in [5.41, 5.74) is 1.19. The highest BCUT2D eigenvalue weighted by atomic mass is 16.6. The summed E-state index contributed by atoms with van der Waals surface area (Å²) in [6, 6.07) is 0. The standard InChI is InChI=1S/C13H17NO3/c1-13(2,3)17-12(16)10-9-6-4-5-8(9)7-14-11(10)15/h7H,4-6H2,1-3H3,(H,14,15). The van der Waals surface area contributed by atoms with Crippen molar-refractivity contribution < 1.29 is 9.53 Å². The summed E-state index contributed by atoms with van der Waals surface area (Å²) in [6.45, 7) is 5.38. The summed E-state index contributed by atoms with van der Waals surface area (Å²) in [7, 11) is 0. The van der Waals surface area contributed by atoms with Crippen molar-refractivity contribution in [3.63, 3.8) is 0 Å². The van der Waals surface area contributed by atoms with Gasteiger partial charge in [-0.05, 0) is 51.2 Å². The van der Waals surface area contributed by atoms with Crippen molar-refractivity contribution in [3.05, 3.63) is 33.2 Å². The number of aromatic nitrogens is 1. The number of carbonyl (C=O) groups excluding carboxylic acids is 1. The lowest BCUT2D eigenvalue weighted by Crippen LogP contribution is -2.29. The first-order chi connectivity index (χ1) is 7.88. The van der Waals surface area contributed by atoms with Crippen molar-refractivity contribution in [3.8, 4) is 0 Å². The van der Waals surface area contributed by atoms with E-state index in [-0.39, 0.29) is 11.1 Å². The van der Waals surface area contributed by atoms with Gasteiger partial charge in [0.25, 0.3) is 5.56 Å². The molecular weight excluding hydrogens is 218 g/mol. The van der Waals surface area contributed by atoms with Crippen LogP contribution in [-0.2, 0) is 17.6 Å². The van der Waals surface area contributed by atoms with Crippen LogP contribution in [0.4, 0.5) is 0 Å². The van der Waals surface area contributed by atoms with Crippen molar-refractivity contribution in [1.29, 1.82) is 0 Å². The minimum absolute atomic E-state index is 0.190. The molecule has 1 aromatic heterocycles. The second-order valence-electron chi connectivity index (χ2n) is 5.35. The third-order valence-corrected chi connectivity index (χ3v) is 2.77. The van der Waals surface area contributed by atoms with Crippen molar-refractivity contribution in [2.24, 2.45) is 0 Å². The highest BCUT2D eigenvalue weighted by molar-refractivity contribution is 5.91. The monoisotopic (exact) mass is 235 g/mol. The minimum Gasteiger partial charge on any atom is -0.456 e. The van der Waals surface area contributed by atoms with Crippen LogP contribution in [0.25, 0.3) is 0 Å². The molecule has 17 heavy (non-hydrogen) atoms. The number of esters is 1. The SMILES string of the molecule is CC(C)(C)OC(=O)c1c2c(c[nH]c1=O)CCC2. The van der Waals surface area contributed by atoms with E-state index in [1.807, 2.05) is 0 Å². The Morgan fingerprint density at radius 1 is 1.35 bits per heavy atom. The molecule has 0 aromatic carbocycles. The van der Waals surface area contributed by atoms with Gasteiger partial charge in [0.05, 0.1) is 0 Å². The van der Waals surface area contributed by atoms with Gasteiger partial charge in [-0.25, -0.2) is 4.79 Å². The molecule has 1 heterocycles. The van der Waals surface area contributed by atoms with Crippen LogP contribution in [0.5, 0.6) is 0 Å². The molecule has 0 saturated carbocycles. The summed E-state index contributed by atoms with van der Waals surface area (Å²) in [4.78, 5) is 26.4. The third-order valence-electron chi connectivity index (χ3n) is 2.77. The van der Waals surface area contributed by atoms with Gasteiger partial charge in [0.1, 0.15) is 11.2 Å². The average molecular weight is 235 g/mol. The van der Waals surface area contributed by atoms with Crippen molar-refractivity contribution in [2.45, 2.75) is 45.6 Å². The van der Waals surface area contributed by atoms with Crippen LogP contribution < -0.4 is 5.56 Å². The second-order valence-corrected chi connectivity index (χ2v) is 5.35. The second kappa shape index (κ2) is 4.02. The van der Waals surface area contributed by atoms with Crippen LogP contribution in [0, 0.1) is 0 Å². The molecule has 0 saturated heterocycles. The first-order valence-corrected chi connectivity index (χ1v) is 5.85. The van der Waals surface area contributed by atoms with Crippen molar-refractivity contribution in [2.75, 3.05) is 0 Å². The number of H-pyrrole nitrogens is 1. The molecular formula is C13H17NO3. The number of aryl methyl sites for hydroxylation is 1. The Morgan fingerprint density at radius 3 is 2.71 bits per heavy atom. The number of ether oxygens (including phenoxy) is 1. The number of carbonyl (C=O) groups is 1. The van der Waals surface area contributed by atoms with Gasteiger partial charge in [-0.15, -0.1) is 0 Å². The van der Waals surface area contributed by atoms with E-state index < -0.39 is 11.6 Å². The first kappa shape index (κ1) is 11.9. The van der Waals surface area contributed by atoms with Gasteiger partial charge >= 0.3 is 5.97 Å². The summed E-state index contributed by atoms with van der Waals surface area (Å²) in [6.07, 6.45) is 4.40. The van der Waals surface area contributed by atoms with Crippen LogP contribution >= 0.6 is 0 Å². The summed E-state index contributed by atoms with van der Waals surface area (Å²) in [5.74, 6) is -0.516. The molecule has 1 aromatic rings. The van der Waals surface area contributed by atoms with E-state index in [9.17, 15) is 9.59 Å². The molecule has 0 atom stereocenters. The zero-order valence-corrected chi connectivity index (χ0v) is 10.4. The van der Waals surface area contributed by atoms with Crippen LogP contribution in [0.1, 0.15) is 48.7 Å². The predicted octanol–water partition coefficient (Wildman–Crippen LogP) is 1.82. The zero-order valence-electron chi connectivity index (χ0n) is 10.4. The molecule has 0 unspecified atom stereocenters. The maximum atomic E-state index is 12.0. The molecule has 4 heteroatoms. The Hall–Kier alpha value is -1.58. The average Bonchev–Trinajstić information content (AvgIpc) is 2.61. The predicted molar refractivity (Wildman–Crippen MR) is 64.3 cm³/mol. The van der Waals surface area contributed by atoms with E-state index in [4.69, 9.17) is 4.74 Å². The van der Waals surface area contributed by atoms with Crippen molar-refractivity contribution in [1.82, 2.24) is 4.98 Å². The van der Waals surface area contributed by atoms with E-state index in [0.717, 1.165) is 30.4 Å². The molecule has 4 nitrogen and oxygen atoms in total. The van der Waals surface area contributed by atoms with E-state index in [0.29, 0.717) is 0 Å². The molecule has 92 valence electrons. The molecule has 0 fully saturated rings. The van der Waals surface area contributed by atoms with Gasteiger partial charge in [-0.2, -0.15) is 0 Å². The highest BCUT2D eigenvalue weighted by Crippen LogP contribution is 2.23. The minimum atomic E-state index is -0.579. The summed E-state index contributed by atoms with van der Waals surface area (Å²) < 4.78 is 5.27. The van der Waals surface area contributed by atoms with Gasteiger partial charge in [-0.3, -0.25) is 4.79 Å². The fourth-order valence-electron chi connectivity index (χ4n) is 2.12. The fraction of sp³-hybridized carbons (Fsp3) is 0.538. The topological polar surface area (TPSA) is 59.2 Å². The number of hydrogen-bond donors (Lipinski definition) is 1. The maximum Gasteiger partial charge on any atom is 0.344 e. The van der Waals surface area contributed by atoms with Crippen LogP contribution in [-0.4, -0.2) is 16.6 Å².